The highest BCUT2D eigenvalue weighted by molar-refractivity contribution is 7.85. The standard InChI is InChI=1S/C12H18N2O2S/c1-2-7-17(16)9-12(15)14-11-6-4-3-5-10(11)8-13/h3-6H,2,7-9,13H2,1H3,(H,14,15). The molecule has 0 saturated heterocycles. The lowest BCUT2D eigenvalue weighted by Gasteiger charge is -2.09. The van der Waals surface area contributed by atoms with E-state index in [2.05, 4.69) is 5.32 Å². The SMILES string of the molecule is CCCS(=O)CC(=O)Nc1ccccc1CN. The van der Waals surface area contributed by atoms with Gasteiger partial charge in [-0.2, -0.15) is 0 Å². The lowest BCUT2D eigenvalue weighted by Crippen LogP contribution is -2.21. The molecule has 4 nitrogen and oxygen atoms in total. The maximum Gasteiger partial charge on any atom is 0.236 e. The summed E-state index contributed by atoms with van der Waals surface area (Å²) < 4.78 is 11.4. The third-order valence-electron chi connectivity index (χ3n) is 2.24. The van der Waals surface area contributed by atoms with E-state index >= 15 is 0 Å². The molecule has 0 fully saturated rings. The van der Waals surface area contributed by atoms with Crippen LogP contribution in [0.4, 0.5) is 5.69 Å². The van der Waals surface area contributed by atoms with Gasteiger partial charge in [0.1, 0.15) is 5.75 Å². The molecule has 0 aliphatic heterocycles. The fraction of sp³-hybridized carbons (Fsp3) is 0.417. The van der Waals surface area contributed by atoms with Crippen LogP contribution < -0.4 is 11.1 Å². The van der Waals surface area contributed by atoms with E-state index < -0.39 is 10.8 Å². The molecule has 1 amide bonds. The summed E-state index contributed by atoms with van der Waals surface area (Å²) in [5.41, 5.74) is 7.14. The summed E-state index contributed by atoms with van der Waals surface area (Å²) >= 11 is 0. The Hall–Kier alpha value is -1.20. The molecule has 5 heteroatoms. The Morgan fingerprint density at radius 2 is 2.12 bits per heavy atom. The molecule has 17 heavy (non-hydrogen) atoms. The first kappa shape index (κ1) is 13.9. The quantitative estimate of drug-likeness (QED) is 0.802. The van der Waals surface area contributed by atoms with Crippen LogP contribution in [0.15, 0.2) is 24.3 Å². The summed E-state index contributed by atoms with van der Waals surface area (Å²) in [5, 5.41) is 2.74. The summed E-state index contributed by atoms with van der Waals surface area (Å²) in [6.07, 6.45) is 0.819. The molecular formula is C12H18N2O2S. The number of rotatable bonds is 6. The second-order valence-electron chi connectivity index (χ2n) is 3.70. The zero-order valence-electron chi connectivity index (χ0n) is 9.94. The highest BCUT2D eigenvalue weighted by Crippen LogP contribution is 2.13. The van der Waals surface area contributed by atoms with Crippen LogP contribution in [0, 0.1) is 0 Å². The van der Waals surface area contributed by atoms with Gasteiger partial charge in [0, 0.05) is 28.8 Å². The number of hydrogen-bond donors (Lipinski definition) is 2. The summed E-state index contributed by atoms with van der Waals surface area (Å²) in [4.78, 5) is 11.6. The molecule has 1 unspecified atom stereocenters. The van der Waals surface area contributed by atoms with Gasteiger partial charge in [-0.05, 0) is 18.1 Å². The number of carbonyl (C=O) groups is 1. The molecule has 1 atom stereocenters. The molecule has 0 aliphatic carbocycles. The van der Waals surface area contributed by atoms with Crippen molar-refractivity contribution in [1.29, 1.82) is 0 Å². The Morgan fingerprint density at radius 3 is 2.76 bits per heavy atom. The normalized spacial score (nSPS) is 12.1. The third kappa shape index (κ3) is 4.66. The largest absolute Gasteiger partial charge is 0.326 e. The van der Waals surface area contributed by atoms with Gasteiger partial charge in [0.15, 0.2) is 0 Å². The first-order valence-corrected chi connectivity index (χ1v) is 7.09. The average Bonchev–Trinajstić information content (AvgIpc) is 2.29. The van der Waals surface area contributed by atoms with Crippen molar-refractivity contribution >= 4 is 22.4 Å². The number of carbonyl (C=O) groups excluding carboxylic acids is 1. The van der Waals surface area contributed by atoms with Crippen LogP contribution in [0.2, 0.25) is 0 Å². The number of para-hydroxylation sites is 1. The van der Waals surface area contributed by atoms with Gasteiger partial charge in [-0.25, -0.2) is 0 Å². The molecule has 1 rings (SSSR count). The smallest absolute Gasteiger partial charge is 0.236 e. The predicted molar refractivity (Wildman–Crippen MR) is 71.1 cm³/mol. The van der Waals surface area contributed by atoms with Gasteiger partial charge in [-0.3, -0.25) is 9.00 Å². The molecule has 0 spiro atoms. The molecular weight excluding hydrogens is 236 g/mol. The fourth-order valence-electron chi connectivity index (χ4n) is 1.45. The van der Waals surface area contributed by atoms with E-state index in [1.807, 2.05) is 25.1 Å². The van der Waals surface area contributed by atoms with Gasteiger partial charge >= 0.3 is 0 Å². The summed E-state index contributed by atoms with van der Waals surface area (Å²) in [6.45, 7) is 2.31. The van der Waals surface area contributed by atoms with Gasteiger partial charge in [0.05, 0.1) is 0 Å². The van der Waals surface area contributed by atoms with Crippen molar-refractivity contribution in [2.24, 2.45) is 5.73 Å². The molecule has 0 bridgehead atoms. The van der Waals surface area contributed by atoms with Crippen LogP contribution in [0.5, 0.6) is 0 Å². The Balaban J connectivity index is 2.59. The minimum absolute atomic E-state index is 0.0484. The van der Waals surface area contributed by atoms with Crippen molar-refractivity contribution in [3.63, 3.8) is 0 Å². The molecule has 0 aromatic heterocycles. The number of amides is 1. The van der Waals surface area contributed by atoms with Crippen molar-refractivity contribution in [2.75, 3.05) is 16.8 Å². The highest BCUT2D eigenvalue weighted by Gasteiger charge is 2.09. The fourth-order valence-corrected chi connectivity index (χ4v) is 2.42. The monoisotopic (exact) mass is 254 g/mol. The van der Waals surface area contributed by atoms with Gasteiger partial charge in [-0.15, -0.1) is 0 Å². The second-order valence-corrected chi connectivity index (χ2v) is 5.27. The average molecular weight is 254 g/mol. The van der Waals surface area contributed by atoms with E-state index in [1.54, 1.807) is 6.07 Å². The molecule has 1 aromatic rings. The molecule has 0 heterocycles. The minimum Gasteiger partial charge on any atom is -0.326 e. The number of nitrogens with one attached hydrogen (secondary N) is 1. The predicted octanol–water partition coefficient (Wildman–Crippen LogP) is 1.24. The van der Waals surface area contributed by atoms with Gasteiger partial charge in [0.25, 0.3) is 0 Å². The van der Waals surface area contributed by atoms with Crippen LogP contribution in [-0.4, -0.2) is 21.6 Å². The van der Waals surface area contributed by atoms with E-state index in [-0.39, 0.29) is 11.7 Å². The topological polar surface area (TPSA) is 72.2 Å². The zero-order valence-corrected chi connectivity index (χ0v) is 10.8. The lowest BCUT2D eigenvalue weighted by atomic mass is 10.2. The Morgan fingerprint density at radius 1 is 1.41 bits per heavy atom. The molecule has 0 saturated carbocycles. The van der Waals surface area contributed by atoms with E-state index in [4.69, 9.17) is 5.73 Å². The van der Waals surface area contributed by atoms with Crippen molar-refractivity contribution in [1.82, 2.24) is 0 Å². The van der Waals surface area contributed by atoms with E-state index in [0.717, 1.165) is 12.0 Å². The maximum absolute atomic E-state index is 11.6. The van der Waals surface area contributed by atoms with Gasteiger partial charge < -0.3 is 11.1 Å². The highest BCUT2D eigenvalue weighted by atomic mass is 32.2. The summed E-state index contributed by atoms with van der Waals surface area (Å²) in [7, 11) is -1.08. The third-order valence-corrected chi connectivity index (χ3v) is 3.68. The van der Waals surface area contributed by atoms with Crippen LogP contribution >= 0.6 is 0 Å². The number of anilines is 1. The first-order chi connectivity index (χ1) is 8.17. The minimum atomic E-state index is -1.08. The Kier molecular flexibility index (Phi) is 5.86. The molecule has 0 aliphatic rings. The van der Waals surface area contributed by atoms with Gasteiger partial charge in [-0.1, -0.05) is 25.1 Å². The number of benzene rings is 1. The zero-order chi connectivity index (χ0) is 12.7. The molecule has 3 N–H and O–H groups in total. The Bertz CT molecular complexity index is 407. The lowest BCUT2D eigenvalue weighted by molar-refractivity contribution is -0.113. The maximum atomic E-state index is 11.6. The molecule has 1 aromatic carbocycles. The summed E-state index contributed by atoms with van der Waals surface area (Å²) in [6, 6.07) is 7.35. The Labute approximate surface area is 104 Å². The summed E-state index contributed by atoms with van der Waals surface area (Å²) in [5.74, 6) is 0.385. The molecule has 0 radical (unpaired) electrons. The van der Waals surface area contributed by atoms with Crippen LogP contribution in [-0.2, 0) is 22.1 Å². The van der Waals surface area contributed by atoms with E-state index in [0.29, 0.717) is 18.0 Å². The molecule has 94 valence electrons. The number of nitrogens with two attached hydrogens (primary N) is 1. The van der Waals surface area contributed by atoms with E-state index in [1.165, 1.54) is 0 Å². The van der Waals surface area contributed by atoms with Crippen molar-refractivity contribution < 1.29 is 9.00 Å². The van der Waals surface area contributed by atoms with Gasteiger partial charge in [0.2, 0.25) is 5.91 Å². The number of hydrogen-bond acceptors (Lipinski definition) is 3. The van der Waals surface area contributed by atoms with Crippen LogP contribution in [0.1, 0.15) is 18.9 Å². The van der Waals surface area contributed by atoms with Crippen molar-refractivity contribution in [3.8, 4) is 0 Å². The van der Waals surface area contributed by atoms with Crippen molar-refractivity contribution in [3.05, 3.63) is 29.8 Å². The first-order valence-electron chi connectivity index (χ1n) is 5.60. The van der Waals surface area contributed by atoms with E-state index in [9.17, 15) is 9.00 Å². The van der Waals surface area contributed by atoms with Crippen molar-refractivity contribution in [2.45, 2.75) is 19.9 Å². The van der Waals surface area contributed by atoms with Crippen LogP contribution in [0.3, 0.4) is 0 Å². The van der Waals surface area contributed by atoms with Crippen LogP contribution in [0.25, 0.3) is 0 Å². The second kappa shape index (κ2) is 7.19.